The molecule has 0 saturated carbocycles. The van der Waals surface area contributed by atoms with Crippen LogP contribution in [-0.4, -0.2) is 38.6 Å². The van der Waals surface area contributed by atoms with Crippen molar-refractivity contribution in [3.8, 4) is 0 Å². The van der Waals surface area contributed by atoms with Crippen LogP contribution in [0.5, 0.6) is 0 Å². The molecule has 0 radical (unpaired) electrons. The Morgan fingerprint density at radius 1 is 1.10 bits per heavy atom. The number of carbonyl (C=O) groups excluding carboxylic acids is 2. The van der Waals surface area contributed by atoms with Crippen LogP contribution in [0, 0.1) is 0 Å². The van der Waals surface area contributed by atoms with Crippen LogP contribution >= 0.6 is 31.9 Å². The summed E-state index contributed by atoms with van der Waals surface area (Å²) in [4.78, 5) is 23.3. The predicted molar refractivity (Wildman–Crippen MR) is 83.7 cm³/mol. The molecule has 2 N–H and O–H groups in total. The molecule has 0 aliphatic heterocycles. The van der Waals surface area contributed by atoms with Crippen LogP contribution in [0.25, 0.3) is 0 Å². The zero-order chi connectivity index (χ0) is 15.0. The highest BCUT2D eigenvalue weighted by molar-refractivity contribution is 9.11. The van der Waals surface area contributed by atoms with Gasteiger partial charge < -0.3 is 15.4 Å². The summed E-state index contributed by atoms with van der Waals surface area (Å²) in [5, 5.41) is 5.39. The third kappa shape index (κ3) is 6.49. The molecule has 2 amide bonds. The van der Waals surface area contributed by atoms with E-state index in [0.29, 0.717) is 25.3 Å². The molecule has 0 atom stereocenters. The zero-order valence-corrected chi connectivity index (χ0v) is 14.2. The number of ether oxygens (including phenoxy) is 1. The summed E-state index contributed by atoms with van der Waals surface area (Å²) in [7, 11) is 1.57. The predicted octanol–water partition coefficient (Wildman–Crippen LogP) is 2.09. The third-order valence-corrected chi connectivity index (χ3v) is 3.31. The van der Waals surface area contributed by atoms with Crippen molar-refractivity contribution >= 4 is 43.7 Å². The van der Waals surface area contributed by atoms with Gasteiger partial charge in [0.25, 0.3) is 5.91 Å². The van der Waals surface area contributed by atoms with E-state index >= 15 is 0 Å². The van der Waals surface area contributed by atoms with Crippen LogP contribution in [0.2, 0.25) is 0 Å². The van der Waals surface area contributed by atoms with Crippen molar-refractivity contribution < 1.29 is 14.3 Å². The maximum Gasteiger partial charge on any atom is 0.251 e. The molecule has 0 saturated heterocycles. The molecule has 7 heteroatoms. The first-order valence-corrected chi connectivity index (χ1v) is 7.61. The van der Waals surface area contributed by atoms with Gasteiger partial charge in [-0.3, -0.25) is 9.59 Å². The van der Waals surface area contributed by atoms with Crippen molar-refractivity contribution in [1.29, 1.82) is 0 Å². The van der Waals surface area contributed by atoms with Crippen LogP contribution in [0.4, 0.5) is 0 Å². The Balaban J connectivity index is 2.34. The summed E-state index contributed by atoms with van der Waals surface area (Å²) < 4.78 is 6.45. The number of carbonyl (C=O) groups is 2. The number of nitrogens with one attached hydrogen (secondary N) is 2. The molecule has 0 spiro atoms. The number of hydrogen-bond donors (Lipinski definition) is 2. The molecule has 0 heterocycles. The number of halogens is 2. The number of methoxy groups -OCH3 is 1. The van der Waals surface area contributed by atoms with Crippen molar-refractivity contribution in [2.24, 2.45) is 0 Å². The molecule has 0 aromatic heterocycles. The van der Waals surface area contributed by atoms with Gasteiger partial charge in [-0.05, 0) is 18.2 Å². The van der Waals surface area contributed by atoms with Crippen molar-refractivity contribution in [3.05, 3.63) is 32.7 Å². The minimum atomic E-state index is -0.211. The monoisotopic (exact) mass is 406 g/mol. The van der Waals surface area contributed by atoms with Gasteiger partial charge in [-0.2, -0.15) is 0 Å². The fraction of sp³-hybridized carbons (Fsp3) is 0.385. The van der Waals surface area contributed by atoms with Gasteiger partial charge in [0.15, 0.2) is 0 Å². The molecule has 1 aromatic rings. The molecule has 5 nitrogen and oxygen atoms in total. The fourth-order valence-corrected chi connectivity index (χ4v) is 2.75. The lowest BCUT2D eigenvalue weighted by atomic mass is 10.2. The lowest BCUT2D eigenvalue weighted by molar-refractivity contribution is -0.121. The Kier molecular flexibility index (Phi) is 7.79. The number of hydrogen-bond acceptors (Lipinski definition) is 3. The fourth-order valence-electron chi connectivity index (χ4n) is 1.46. The maximum absolute atomic E-state index is 11.9. The van der Waals surface area contributed by atoms with E-state index in [-0.39, 0.29) is 18.2 Å². The molecule has 0 fully saturated rings. The van der Waals surface area contributed by atoms with Crippen LogP contribution in [0.1, 0.15) is 16.8 Å². The van der Waals surface area contributed by atoms with Gasteiger partial charge in [-0.15, -0.1) is 0 Å². The van der Waals surface area contributed by atoms with Crippen LogP contribution in [-0.2, 0) is 9.53 Å². The highest BCUT2D eigenvalue weighted by Crippen LogP contribution is 2.19. The van der Waals surface area contributed by atoms with E-state index in [4.69, 9.17) is 4.74 Å². The van der Waals surface area contributed by atoms with Gasteiger partial charge in [0.1, 0.15) is 0 Å². The summed E-state index contributed by atoms with van der Waals surface area (Å²) in [6.07, 6.45) is 0.241. The number of benzene rings is 1. The highest BCUT2D eigenvalue weighted by Gasteiger charge is 2.08. The zero-order valence-electron chi connectivity index (χ0n) is 11.0. The van der Waals surface area contributed by atoms with Crippen LogP contribution < -0.4 is 10.6 Å². The lowest BCUT2D eigenvalue weighted by Crippen LogP contribution is -2.32. The molecular weight excluding hydrogens is 392 g/mol. The van der Waals surface area contributed by atoms with Gasteiger partial charge in [-0.25, -0.2) is 0 Å². The second-order valence-corrected chi connectivity index (χ2v) is 5.84. The Morgan fingerprint density at radius 3 is 2.35 bits per heavy atom. The first-order valence-electron chi connectivity index (χ1n) is 6.03. The molecule has 110 valence electrons. The van der Waals surface area contributed by atoms with E-state index < -0.39 is 0 Å². The van der Waals surface area contributed by atoms with E-state index in [1.807, 2.05) is 6.07 Å². The van der Waals surface area contributed by atoms with Gasteiger partial charge >= 0.3 is 0 Å². The molecule has 1 rings (SSSR count). The Bertz CT molecular complexity index is 460. The third-order valence-electron chi connectivity index (χ3n) is 2.39. The smallest absolute Gasteiger partial charge is 0.251 e. The quantitative estimate of drug-likeness (QED) is 0.680. The molecule has 0 aliphatic carbocycles. The maximum atomic E-state index is 11.9. The van der Waals surface area contributed by atoms with E-state index in [1.165, 1.54) is 0 Å². The normalized spacial score (nSPS) is 10.2. The molecule has 0 aliphatic rings. The van der Waals surface area contributed by atoms with Gasteiger partial charge in [-0.1, -0.05) is 31.9 Å². The molecule has 20 heavy (non-hydrogen) atoms. The first kappa shape index (κ1) is 17.1. The average molecular weight is 408 g/mol. The van der Waals surface area contributed by atoms with Crippen molar-refractivity contribution in [2.45, 2.75) is 6.42 Å². The van der Waals surface area contributed by atoms with Gasteiger partial charge in [0, 0.05) is 41.1 Å². The summed E-state index contributed by atoms with van der Waals surface area (Å²) in [5.41, 5.74) is 0.533. The minimum absolute atomic E-state index is 0.113. The van der Waals surface area contributed by atoms with Crippen molar-refractivity contribution in [1.82, 2.24) is 10.6 Å². The van der Waals surface area contributed by atoms with Gasteiger partial charge in [0.2, 0.25) is 5.91 Å². The minimum Gasteiger partial charge on any atom is -0.383 e. The van der Waals surface area contributed by atoms with Gasteiger partial charge in [0.05, 0.1) is 6.61 Å². The van der Waals surface area contributed by atoms with Crippen LogP contribution in [0.15, 0.2) is 27.1 Å². The van der Waals surface area contributed by atoms with Crippen LogP contribution in [0.3, 0.4) is 0 Å². The SMILES string of the molecule is COCCNC(=O)CCNC(=O)c1cc(Br)cc(Br)c1. The summed E-state index contributed by atoms with van der Waals surface area (Å²) in [6, 6.07) is 5.29. The van der Waals surface area contributed by atoms with E-state index in [0.717, 1.165) is 8.95 Å². The Morgan fingerprint density at radius 2 is 1.75 bits per heavy atom. The van der Waals surface area contributed by atoms with E-state index in [1.54, 1.807) is 19.2 Å². The molecular formula is C13H16Br2N2O3. The molecule has 0 bridgehead atoms. The average Bonchev–Trinajstić information content (AvgIpc) is 2.37. The standard InChI is InChI=1S/C13H16Br2N2O3/c1-20-5-4-16-12(18)2-3-17-13(19)9-6-10(14)8-11(15)7-9/h6-8H,2-5H2,1H3,(H,16,18)(H,17,19). The molecule has 1 aromatic carbocycles. The van der Waals surface area contributed by atoms with E-state index in [9.17, 15) is 9.59 Å². The summed E-state index contributed by atoms with van der Waals surface area (Å²) >= 11 is 6.64. The van der Waals surface area contributed by atoms with Crippen molar-refractivity contribution in [3.63, 3.8) is 0 Å². The van der Waals surface area contributed by atoms with Crippen molar-refractivity contribution in [2.75, 3.05) is 26.8 Å². The molecule has 0 unspecified atom stereocenters. The second kappa shape index (κ2) is 9.10. The Labute approximate surface area is 134 Å². The lowest BCUT2D eigenvalue weighted by Gasteiger charge is -2.07. The number of amides is 2. The van der Waals surface area contributed by atoms with E-state index in [2.05, 4.69) is 42.5 Å². The summed E-state index contributed by atoms with van der Waals surface area (Å²) in [6.45, 7) is 1.24. The first-order chi connectivity index (χ1) is 9.52. The largest absolute Gasteiger partial charge is 0.383 e. The highest BCUT2D eigenvalue weighted by atomic mass is 79.9. The summed E-state index contributed by atoms with van der Waals surface area (Å²) in [5.74, 6) is -0.325. The number of rotatable bonds is 7. The second-order valence-electron chi connectivity index (χ2n) is 4.01. The Hall–Kier alpha value is -0.920. The topological polar surface area (TPSA) is 67.4 Å².